The van der Waals surface area contributed by atoms with Crippen molar-refractivity contribution in [3.05, 3.63) is 76.0 Å². The minimum absolute atomic E-state index is 0.0353. The molecule has 0 radical (unpaired) electrons. The van der Waals surface area contributed by atoms with Crippen molar-refractivity contribution < 1.29 is 36.3 Å². The third-order valence-corrected chi connectivity index (χ3v) is 6.67. The fourth-order valence-electron chi connectivity index (χ4n) is 4.67. The van der Waals surface area contributed by atoms with Gasteiger partial charge in [0.15, 0.2) is 5.58 Å². The summed E-state index contributed by atoms with van der Waals surface area (Å²) >= 11 is 0. The third-order valence-electron chi connectivity index (χ3n) is 6.67. The second kappa shape index (κ2) is 10.0. The highest BCUT2D eigenvalue weighted by molar-refractivity contribution is 6.13. The normalized spacial score (nSPS) is 12.3. The molecule has 0 saturated carbocycles. The number of hydrogen-bond donors (Lipinski definition) is 2. The molecule has 41 heavy (non-hydrogen) atoms. The van der Waals surface area contributed by atoms with Crippen molar-refractivity contribution in [1.29, 1.82) is 0 Å². The lowest BCUT2D eigenvalue weighted by Gasteiger charge is -2.23. The molecule has 8 nitrogen and oxygen atoms in total. The minimum Gasteiger partial charge on any atom is -0.467 e. The van der Waals surface area contributed by atoms with Crippen molar-refractivity contribution in [3.63, 3.8) is 0 Å². The van der Waals surface area contributed by atoms with Crippen molar-refractivity contribution in [2.24, 2.45) is 0 Å². The molecule has 2 N–H and O–H groups in total. The van der Waals surface area contributed by atoms with E-state index in [9.17, 15) is 31.9 Å². The summed E-state index contributed by atoms with van der Waals surface area (Å²) in [6.07, 6.45) is -6.14. The molecule has 0 spiro atoms. The van der Waals surface area contributed by atoms with Gasteiger partial charge in [-0.1, -0.05) is 12.1 Å². The predicted octanol–water partition coefficient (Wildman–Crippen LogP) is 5.80. The van der Waals surface area contributed by atoms with Crippen LogP contribution in [0.4, 0.5) is 17.6 Å². The zero-order chi connectivity index (χ0) is 29.7. The van der Waals surface area contributed by atoms with Crippen molar-refractivity contribution in [2.75, 3.05) is 7.11 Å². The van der Waals surface area contributed by atoms with Crippen molar-refractivity contribution in [2.45, 2.75) is 38.4 Å². The molecular weight excluding hydrogens is 546 g/mol. The average Bonchev–Trinajstić information content (AvgIpc) is 3.29. The Kier molecular flexibility index (Phi) is 6.80. The van der Waals surface area contributed by atoms with Crippen LogP contribution in [0.3, 0.4) is 0 Å². The molecule has 0 aliphatic heterocycles. The molecule has 0 bridgehead atoms. The number of nitrogens with zero attached hydrogens (tertiary/aromatic N) is 1. The van der Waals surface area contributed by atoms with Gasteiger partial charge in [0.25, 0.3) is 11.5 Å². The van der Waals surface area contributed by atoms with Crippen LogP contribution in [0.2, 0.25) is 0 Å². The Morgan fingerprint density at radius 3 is 2.54 bits per heavy atom. The molecule has 3 heterocycles. The van der Waals surface area contributed by atoms with Gasteiger partial charge in [-0.15, -0.1) is 0 Å². The van der Waals surface area contributed by atoms with Gasteiger partial charge in [-0.3, -0.25) is 9.59 Å². The minimum atomic E-state index is -4.47. The van der Waals surface area contributed by atoms with Crippen LogP contribution >= 0.6 is 0 Å². The Labute approximate surface area is 229 Å². The van der Waals surface area contributed by atoms with Gasteiger partial charge in [-0.05, 0) is 62.2 Å². The van der Waals surface area contributed by atoms with Crippen molar-refractivity contribution >= 4 is 44.8 Å². The maximum absolute atomic E-state index is 13.8. The molecule has 1 amide bonds. The van der Waals surface area contributed by atoms with E-state index < -0.39 is 47.8 Å². The van der Waals surface area contributed by atoms with Gasteiger partial charge < -0.3 is 19.5 Å². The number of aryl methyl sites for hydroxylation is 1. The van der Waals surface area contributed by atoms with E-state index >= 15 is 0 Å². The van der Waals surface area contributed by atoms with Gasteiger partial charge in [0.2, 0.25) is 5.71 Å². The quantitative estimate of drug-likeness (QED) is 0.197. The summed E-state index contributed by atoms with van der Waals surface area (Å²) in [4.78, 5) is 45.0. The molecule has 0 unspecified atom stereocenters. The van der Waals surface area contributed by atoms with Crippen LogP contribution < -0.4 is 10.9 Å². The Bertz CT molecular complexity index is 1910. The van der Waals surface area contributed by atoms with Crippen LogP contribution in [-0.2, 0) is 16.0 Å². The summed E-state index contributed by atoms with van der Waals surface area (Å²) in [6, 6.07) is 11.3. The Hall–Kier alpha value is -4.74. The number of aromatic amines is 1. The summed E-state index contributed by atoms with van der Waals surface area (Å²) in [5.74, 6) is -1.85. The van der Waals surface area contributed by atoms with Gasteiger partial charge in [0.05, 0.1) is 29.1 Å². The van der Waals surface area contributed by atoms with Gasteiger partial charge in [-0.25, -0.2) is 14.2 Å². The van der Waals surface area contributed by atoms with E-state index in [1.807, 2.05) is 0 Å². The number of methoxy groups -OCH3 is 1. The molecule has 5 rings (SSSR count). The van der Waals surface area contributed by atoms with E-state index in [0.29, 0.717) is 10.9 Å². The first-order valence-electron chi connectivity index (χ1n) is 12.4. The first-order valence-corrected chi connectivity index (χ1v) is 12.4. The highest BCUT2D eigenvalue weighted by atomic mass is 19.4. The largest absolute Gasteiger partial charge is 0.467 e. The van der Waals surface area contributed by atoms with Crippen LogP contribution in [-0.4, -0.2) is 40.7 Å². The lowest BCUT2D eigenvalue weighted by molar-refractivity contribution is -0.146. The summed E-state index contributed by atoms with van der Waals surface area (Å²) in [5.41, 5.74) is -0.919. The van der Waals surface area contributed by atoms with E-state index in [4.69, 9.17) is 9.15 Å². The molecule has 0 saturated heterocycles. The monoisotopic (exact) mass is 569 g/mol. The topological polar surface area (TPSA) is 114 Å². The average molecular weight is 570 g/mol. The smallest absolute Gasteiger partial charge is 0.389 e. The highest BCUT2D eigenvalue weighted by Gasteiger charge is 2.31. The first-order chi connectivity index (χ1) is 19.3. The number of pyridine rings is 2. The lowest BCUT2D eigenvalue weighted by atomic mass is 9.97. The number of amides is 1. The number of nitrogens with one attached hydrogen (secondary N) is 2. The molecule has 0 fully saturated rings. The number of hydrogen-bond acceptors (Lipinski definition) is 6. The Morgan fingerprint density at radius 1 is 1.07 bits per heavy atom. The molecule has 212 valence electrons. The summed E-state index contributed by atoms with van der Waals surface area (Å²) in [5, 5.41) is 3.30. The zero-order valence-electron chi connectivity index (χ0n) is 22.0. The number of esters is 1. The molecule has 2 aromatic carbocycles. The second-order valence-electron chi connectivity index (χ2n) is 10.1. The SMILES string of the molecule is COC(=O)C(C)(C)NC(=O)c1cccc(-c2cc3c(nc2CCC(F)(F)F)oc2c4ccc(F)cc4[nH]c(=O)c32)c1. The van der Waals surface area contributed by atoms with Gasteiger partial charge in [0, 0.05) is 22.9 Å². The van der Waals surface area contributed by atoms with Gasteiger partial charge in [0.1, 0.15) is 11.4 Å². The molecule has 3 aromatic heterocycles. The molecule has 0 aliphatic rings. The number of alkyl halides is 3. The van der Waals surface area contributed by atoms with E-state index in [1.54, 1.807) is 6.07 Å². The van der Waals surface area contributed by atoms with Crippen LogP contribution in [0.5, 0.6) is 0 Å². The number of H-pyrrole nitrogens is 1. The Balaban J connectivity index is 1.68. The number of ether oxygens (including phenoxy) is 1. The first kappa shape index (κ1) is 27.8. The Morgan fingerprint density at radius 2 is 1.83 bits per heavy atom. The number of furan rings is 1. The maximum Gasteiger partial charge on any atom is 0.389 e. The summed E-state index contributed by atoms with van der Waals surface area (Å²) < 4.78 is 64.0. The zero-order valence-corrected chi connectivity index (χ0v) is 22.0. The van der Waals surface area contributed by atoms with E-state index in [2.05, 4.69) is 15.3 Å². The fourth-order valence-corrected chi connectivity index (χ4v) is 4.67. The highest BCUT2D eigenvalue weighted by Crippen LogP contribution is 2.36. The molecule has 0 aliphatic carbocycles. The van der Waals surface area contributed by atoms with Crippen molar-refractivity contribution in [1.82, 2.24) is 15.3 Å². The standard InChI is InChI=1S/C29H23F4N3O5/c1-28(2,27(39)40-3)36-24(37)15-6-4-5-14(11-15)18-13-19-22-23(17-8-7-16(30)12-21(17)34-25(22)38)41-26(19)35-20(18)9-10-29(31,32)33/h4-8,11-13H,9-10H2,1-3H3,(H,34,38)(H,36,37). The predicted molar refractivity (Wildman–Crippen MR) is 143 cm³/mol. The number of carbonyl (C=O) groups is 2. The number of rotatable bonds is 6. The van der Waals surface area contributed by atoms with Crippen LogP contribution in [0.1, 0.15) is 36.3 Å². The summed E-state index contributed by atoms with van der Waals surface area (Å²) in [7, 11) is 1.19. The van der Waals surface area contributed by atoms with Crippen LogP contribution in [0.15, 0.2) is 57.7 Å². The number of benzene rings is 2. The van der Waals surface area contributed by atoms with Crippen LogP contribution in [0, 0.1) is 5.82 Å². The second-order valence-corrected chi connectivity index (χ2v) is 10.1. The fraction of sp³-hybridized carbons (Fsp3) is 0.241. The van der Waals surface area contributed by atoms with Gasteiger partial charge in [-0.2, -0.15) is 13.2 Å². The van der Waals surface area contributed by atoms with Crippen LogP contribution in [0.25, 0.3) is 44.1 Å². The number of fused-ring (bicyclic) bond motifs is 5. The van der Waals surface area contributed by atoms with E-state index in [1.165, 1.54) is 57.4 Å². The lowest BCUT2D eigenvalue weighted by Crippen LogP contribution is -2.50. The number of aromatic nitrogens is 2. The molecule has 12 heteroatoms. The number of carbonyl (C=O) groups excluding carboxylic acids is 2. The molecule has 0 atom stereocenters. The molecular formula is C29H23F4N3O5. The summed E-state index contributed by atoms with van der Waals surface area (Å²) in [6.45, 7) is 2.93. The van der Waals surface area contributed by atoms with E-state index in [0.717, 1.165) is 6.07 Å². The third kappa shape index (κ3) is 5.37. The van der Waals surface area contributed by atoms with E-state index in [-0.39, 0.29) is 44.4 Å². The van der Waals surface area contributed by atoms with Gasteiger partial charge >= 0.3 is 12.1 Å². The molecule has 5 aromatic rings. The number of halogens is 4. The maximum atomic E-state index is 13.8. The van der Waals surface area contributed by atoms with Crippen molar-refractivity contribution in [3.8, 4) is 11.1 Å².